The third-order valence-corrected chi connectivity index (χ3v) is 2.39. The fourth-order valence-electron chi connectivity index (χ4n) is 1.52. The molecule has 0 saturated heterocycles. The summed E-state index contributed by atoms with van der Waals surface area (Å²) >= 11 is 0. The van der Waals surface area contributed by atoms with Crippen molar-refractivity contribution in [2.45, 2.75) is 6.92 Å². The summed E-state index contributed by atoms with van der Waals surface area (Å²) in [5.41, 5.74) is 7.58. The number of hydrogen-bond acceptors (Lipinski definition) is 3. The van der Waals surface area contributed by atoms with Crippen LogP contribution in [-0.2, 0) is 0 Å². The molecule has 0 radical (unpaired) electrons. The van der Waals surface area contributed by atoms with Crippen molar-refractivity contribution >= 4 is 5.91 Å². The van der Waals surface area contributed by atoms with Gasteiger partial charge in [-0.15, -0.1) is 0 Å². The van der Waals surface area contributed by atoms with Crippen molar-refractivity contribution in [3.05, 3.63) is 47.3 Å². The minimum Gasteiger partial charge on any atom is -0.366 e. The third-order valence-electron chi connectivity index (χ3n) is 2.39. The smallest absolute Gasteiger partial charge is 0.251 e. The molecule has 1 heterocycles. The zero-order valence-corrected chi connectivity index (χ0v) is 9.21. The average Bonchev–Trinajstić information content (AvgIpc) is 2.78. The minimum absolute atomic E-state index is 0.314. The molecule has 0 unspecified atom stereocenters. The number of aromatic nitrogens is 2. The van der Waals surface area contributed by atoms with Crippen molar-refractivity contribution < 1.29 is 4.79 Å². The molecule has 0 atom stereocenters. The molecular weight excluding hydrogens is 216 g/mol. The zero-order chi connectivity index (χ0) is 12.4. The molecule has 1 aromatic carbocycles. The maximum atomic E-state index is 11.0. The number of rotatable bonds is 2. The number of aryl methyl sites for hydroxylation is 1. The van der Waals surface area contributed by atoms with E-state index in [1.165, 1.54) is 17.1 Å². The van der Waals surface area contributed by atoms with Crippen molar-refractivity contribution in [3.63, 3.8) is 0 Å². The highest BCUT2D eigenvalue weighted by Gasteiger charge is 2.08. The van der Waals surface area contributed by atoms with Crippen LogP contribution < -0.4 is 5.73 Å². The Morgan fingerprint density at radius 3 is 2.88 bits per heavy atom. The predicted molar refractivity (Wildman–Crippen MR) is 61.5 cm³/mol. The van der Waals surface area contributed by atoms with E-state index in [1.54, 1.807) is 12.1 Å². The zero-order valence-electron chi connectivity index (χ0n) is 9.21. The predicted octanol–water partition coefficient (Wildman–Crippen LogP) is 1.15. The number of carbonyl (C=O) groups excluding carboxylic acids is 1. The molecule has 2 aromatic rings. The van der Waals surface area contributed by atoms with Gasteiger partial charge >= 0.3 is 0 Å². The van der Waals surface area contributed by atoms with Gasteiger partial charge in [0.15, 0.2) is 0 Å². The summed E-state index contributed by atoms with van der Waals surface area (Å²) in [4.78, 5) is 11.0. The third kappa shape index (κ3) is 2.01. The van der Waals surface area contributed by atoms with E-state index in [-0.39, 0.29) is 0 Å². The fourth-order valence-corrected chi connectivity index (χ4v) is 1.52. The number of nitrogens with zero attached hydrogens (tertiary/aromatic N) is 3. The fraction of sp³-hybridized carbons (Fsp3) is 0.0833. The van der Waals surface area contributed by atoms with Crippen molar-refractivity contribution in [2.24, 2.45) is 5.73 Å². The van der Waals surface area contributed by atoms with Crippen LogP contribution in [0.25, 0.3) is 5.69 Å². The van der Waals surface area contributed by atoms with Crippen LogP contribution in [0.4, 0.5) is 0 Å². The second kappa shape index (κ2) is 4.10. The largest absolute Gasteiger partial charge is 0.366 e. The topological polar surface area (TPSA) is 84.7 Å². The minimum atomic E-state index is -0.540. The summed E-state index contributed by atoms with van der Waals surface area (Å²) in [6.07, 6.45) is 2.89. The molecule has 5 heteroatoms. The first-order valence-corrected chi connectivity index (χ1v) is 4.97. The molecular formula is C12H10N4O. The van der Waals surface area contributed by atoms with Crippen molar-refractivity contribution in [1.29, 1.82) is 5.26 Å². The van der Waals surface area contributed by atoms with Gasteiger partial charge in [0.25, 0.3) is 5.91 Å². The van der Waals surface area contributed by atoms with Gasteiger partial charge in [-0.25, -0.2) is 4.68 Å². The number of amides is 1. The first kappa shape index (κ1) is 10.9. The highest BCUT2D eigenvalue weighted by Crippen LogP contribution is 2.15. The molecule has 2 rings (SSSR count). The Morgan fingerprint density at radius 1 is 1.53 bits per heavy atom. The van der Waals surface area contributed by atoms with Crippen molar-refractivity contribution in [3.8, 4) is 11.8 Å². The monoisotopic (exact) mass is 226 g/mol. The molecule has 2 N–H and O–H groups in total. The summed E-state index contributed by atoms with van der Waals surface area (Å²) in [5, 5.41) is 13.0. The molecule has 17 heavy (non-hydrogen) atoms. The second-order valence-electron chi connectivity index (χ2n) is 3.67. The van der Waals surface area contributed by atoms with E-state index >= 15 is 0 Å². The van der Waals surface area contributed by atoms with Crippen LogP contribution in [0.3, 0.4) is 0 Å². The van der Waals surface area contributed by atoms with E-state index in [0.29, 0.717) is 16.8 Å². The molecule has 0 saturated carbocycles. The summed E-state index contributed by atoms with van der Waals surface area (Å²) < 4.78 is 1.47. The molecule has 0 bridgehead atoms. The number of primary amides is 1. The first-order valence-electron chi connectivity index (χ1n) is 4.97. The van der Waals surface area contributed by atoms with Crippen molar-refractivity contribution in [2.75, 3.05) is 0 Å². The van der Waals surface area contributed by atoms with E-state index in [9.17, 15) is 4.79 Å². The molecule has 0 fully saturated rings. The molecule has 0 aliphatic rings. The second-order valence-corrected chi connectivity index (χ2v) is 3.67. The van der Waals surface area contributed by atoms with Gasteiger partial charge in [-0.1, -0.05) is 6.07 Å². The number of carbonyl (C=O) groups is 1. The van der Waals surface area contributed by atoms with Crippen LogP contribution in [-0.4, -0.2) is 15.7 Å². The molecule has 84 valence electrons. The maximum Gasteiger partial charge on any atom is 0.251 e. The Hall–Kier alpha value is -2.61. The van der Waals surface area contributed by atoms with E-state index in [4.69, 9.17) is 11.0 Å². The normalized spacial score (nSPS) is 9.88. The van der Waals surface area contributed by atoms with E-state index in [1.807, 2.05) is 13.0 Å². The number of nitriles is 1. The van der Waals surface area contributed by atoms with Crippen LogP contribution in [0.5, 0.6) is 0 Å². The van der Waals surface area contributed by atoms with E-state index in [0.717, 1.165) is 5.56 Å². The average molecular weight is 226 g/mol. The maximum absolute atomic E-state index is 11.0. The van der Waals surface area contributed by atoms with Gasteiger partial charge in [0.1, 0.15) is 6.07 Å². The van der Waals surface area contributed by atoms with Crippen molar-refractivity contribution in [1.82, 2.24) is 9.78 Å². The standard InChI is InChI=1S/C12H10N4O/c1-8-2-3-11(9(4-8)5-13)16-7-10(6-15-16)12(14)17/h2-4,6-7H,1H3,(H2,14,17). The Kier molecular flexibility index (Phi) is 2.63. The van der Waals surface area contributed by atoms with Crippen LogP contribution in [0.2, 0.25) is 0 Å². The summed E-state index contributed by atoms with van der Waals surface area (Å²) in [7, 11) is 0. The quantitative estimate of drug-likeness (QED) is 0.833. The van der Waals surface area contributed by atoms with Gasteiger partial charge in [0.2, 0.25) is 0 Å². The van der Waals surface area contributed by atoms with Gasteiger partial charge in [0, 0.05) is 6.20 Å². The molecule has 0 aliphatic heterocycles. The molecule has 1 aromatic heterocycles. The highest BCUT2D eigenvalue weighted by molar-refractivity contribution is 5.92. The van der Waals surface area contributed by atoms with Gasteiger partial charge < -0.3 is 5.73 Å². The lowest BCUT2D eigenvalue weighted by Gasteiger charge is -2.04. The van der Waals surface area contributed by atoms with Crippen LogP contribution in [0.1, 0.15) is 21.5 Å². The SMILES string of the molecule is Cc1ccc(-n2cc(C(N)=O)cn2)c(C#N)c1. The molecule has 5 nitrogen and oxygen atoms in total. The van der Waals surface area contributed by atoms with Crippen LogP contribution in [0, 0.1) is 18.3 Å². The lowest BCUT2D eigenvalue weighted by Crippen LogP contribution is -2.09. The summed E-state index contributed by atoms with van der Waals surface area (Å²) in [5.74, 6) is -0.540. The Labute approximate surface area is 98.1 Å². The number of benzene rings is 1. The molecule has 1 amide bonds. The molecule has 0 aliphatic carbocycles. The van der Waals surface area contributed by atoms with Gasteiger partial charge in [-0.05, 0) is 24.6 Å². The summed E-state index contributed by atoms with van der Waals surface area (Å²) in [6, 6.07) is 7.52. The first-order chi connectivity index (χ1) is 8.11. The summed E-state index contributed by atoms with van der Waals surface area (Å²) in [6.45, 7) is 1.91. The lowest BCUT2D eigenvalue weighted by molar-refractivity contribution is 0.100. The van der Waals surface area contributed by atoms with Gasteiger partial charge in [-0.2, -0.15) is 10.4 Å². The highest BCUT2D eigenvalue weighted by atomic mass is 16.1. The van der Waals surface area contributed by atoms with Gasteiger partial charge in [0.05, 0.1) is 23.0 Å². The number of nitrogens with two attached hydrogens (primary N) is 1. The van der Waals surface area contributed by atoms with E-state index < -0.39 is 5.91 Å². The van der Waals surface area contributed by atoms with Crippen LogP contribution in [0.15, 0.2) is 30.6 Å². The molecule has 0 spiro atoms. The van der Waals surface area contributed by atoms with Gasteiger partial charge in [-0.3, -0.25) is 4.79 Å². The van der Waals surface area contributed by atoms with E-state index in [2.05, 4.69) is 11.2 Å². The Morgan fingerprint density at radius 2 is 2.29 bits per heavy atom. The van der Waals surface area contributed by atoms with Crippen LogP contribution >= 0.6 is 0 Å². The Balaban J connectivity index is 2.53. The lowest BCUT2D eigenvalue weighted by atomic mass is 10.1. The Bertz CT molecular complexity index is 622. The number of hydrogen-bond donors (Lipinski definition) is 1.